The molecule has 0 bridgehead atoms. The van der Waals surface area contributed by atoms with E-state index in [0.717, 1.165) is 11.8 Å². The van der Waals surface area contributed by atoms with Gasteiger partial charge < -0.3 is 14.6 Å². The Balaban J connectivity index is 1.82. The Morgan fingerprint density at radius 2 is 1.93 bits per heavy atom. The van der Waals surface area contributed by atoms with E-state index >= 15 is 0 Å². The van der Waals surface area contributed by atoms with Crippen molar-refractivity contribution in [1.82, 2.24) is 0 Å². The lowest BCUT2D eigenvalue weighted by molar-refractivity contribution is -0.137. The Morgan fingerprint density at radius 3 is 2.60 bits per heavy atom. The van der Waals surface area contributed by atoms with Gasteiger partial charge in [0.15, 0.2) is 15.8 Å². The fraction of sp³-hybridized carbons (Fsp3) is 0.190. The van der Waals surface area contributed by atoms with Crippen LogP contribution in [0.5, 0.6) is 11.5 Å². The first-order chi connectivity index (χ1) is 14.4. The molecular weight excluding hydrogens is 429 g/mol. The summed E-state index contributed by atoms with van der Waals surface area (Å²) in [7, 11) is 0. The van der Waals surface area contributed by atoms with Crippen molar-refractivity contribution in [3.63, 3.8) is 0 Å². The molecule has 1 amide bonds. The SMILES string of the molecule is CCOc1cc(/C=C2/SC(=S)N(c3ccc(F)cc3)C2=O)ccc1OCCC(=O)O. The van der Waals surface area contributed by atoms with Gasteiger partial charge in [-0.25, -0.2) is 4.39 Å². The monoisotopic (exact) mass is 447 g/mol. The lowest BCUT2D eigenvalue weighted by Crippen LogP contribution is -2.27. The number of amides is 1. The first-order valence-electron chi connectivity index (χ1n) is 9.04. The molecule has 156 valence electrons. The van der Waals surface area contributed by atoms with Gasteiger partial charge >= 0.3 is 5.97 Å². The van der Waals surface area contributed by atoms with Gasteiger partial charge in [-0.15, -0.1) is 0 Å². The van der Waals surface area contributed by atoms with Gasteiger partial charge in [0.2, 0.25) is 0 Å². The molecule has 6 nitrogen and oxygen atoms in total. The highest BCUT2D eigenvalue weighted by molar-refractivity contribution is 8.27. The molecule has 30 heavy (non-hydrogen) atoms. The second-order valence-electron chi connectivity index (χ2n) is 6.12. The first kappa shape index (κ1) is 21.8. The molecule has 1 aliphatic rings. The van der Waals surface area contributed by atoms with Gasteiger partial charge in [0.1, 0.15) is 5.82 Å². The summed E-state index contributed by atoms with van der Waals surface area (Å²) >= 11 is 6.48. The molecule has 1 heterocycles. The molecule has 1 saturated heterocycles. The van der Waals surface area contributed by atoms with Gasteiger partial charge in [-0.2, -0.15) is 0 Å². The van der Waals surface area contributed by atoms with Crippen LogP contribution >= 0.6 is 24.0 Å². The maximum absolute atomic E-state index is 13.2. The second-order valence-corrected chi connectivity index (χ2v) is 7.80. The van der Waals surface area contributed by atoms with E-state index in [1.165, 1.54) is 29.2 Å². The van der Waals surface area contributed by atoms with Gasteiger partial charge in [0.05, 0.1) is 30.2 Å². The largest absolute Gasteiger partial charge is 0.490 e. The Kier molecular flexibility index (Phi) is 7.07. The fourth-order valence-electron chi connectivity index (χ4n) is 2.68. The number of ether oxygens (including phenoxy) is 2. The number of hydrogen-bond donors (Lipinski definition) is 1. The molecular formula is C21H18FNO5S2. The lowest BCUT2D eigenvalue weighted by Gasteiger charge is -2.14. The highest BCUT2D eigenvalue weighted by atomic mass is 32.2. The zero-order valence-corrected chi connectivity index (χ0v) is 17.6. The van der Waals surface area contributed by atoms with Crippen LogP contribution in [-0.4, -0.2) is 34.5 Å². The number of nitrogens with zero attached hydrogens (tertiary/aromatic N) is 1. The van der Waals surface area contributed by atoms with Crippen LogP contribution in [-0.2, 0) is 9.59 Å². The fourth-order valence-corrected chi connectivity index (χ4v) is 3.98. The van der Waals surface area contributed by atoms with Gasteiger partial charge in [-0.1, -0.05) is 30.0 Å². The first-order valence-corrected chi connectivity index (χ1v) is 10.3. The van der Waals surface area contributed by atoms with E-state index in [4.69, 9.17) is 26.8 Å². The zero-order chi connectivity index (χ0) is 21.7. The van der Waals surface area contributed by atoms with E-state index < -0.39 is 11.8 Å². The van der Waals surface area contributed by atoms with Crippen LogP contribution in [0.3, 0.4) is 0 Å². The maximum atomic E-state index is 13.2. The molecule has 1 N–H and O–H groups in total. The van der Waals surface area contributed by atoms with Crippen molar-refractivity contribution in [3.05, 3.63) is 58.8 Å². The minimum atomic E-state index is -0.951. The van der Waals surface area contributed by atoms with Crippen LogP contribution in [0.15, 0.2) is 47.4 Å². The molecule has 0 unspecified atom stereocenters. The molecule has 0 aliphatic carbocycles. The molecule has 1 fully saturated rings. The molecule has 0 atom stereocenters. The normalized spacial score (nSPS) is 15.0. The minimum absolute atomic E-state index is 0.0189. The number of thiocarbonyl (C=S) groups is 1. The maximum Gasteiger partial charge on any atom is 0.306 e. The van der Waals surface area contributed by atoms with Crippen LogP contribution in [0.1, 0.15) is 18.9 Å². The molecule has 2 aromatic carbocycles. The molecule has 1 aliphatic heterocycles. The number of rotatable bonds is 8. The number of carbonyl (C=O) groups is 2. The summed E-state index contributed by atoms with van der Waals surface area (Å²) in [5.41, 5.74) is 1.20. The standard InChI is InChI=1S/C21H18FNO5S2/c1-2-27-17-11-13(3-8-16(17)28-10-9-19(24)25)12-18-20(26)23(21(29)30-18)15-6-4-14(22)5-7-15/h3-8,11-12H,2,9-10H2,1H3,(H,24,25)/b18-12+. The number of halogens is 1. The molecule has 3 rings (SSSR count). The van der Waals surface area contributed by atoms with Crippen molar-refractivity contribution in [2.24, 2.45) is 0 Å². The topological polar surface area (TPSA) is 76.1 Å². The lowest BCUT2D eigenvalue weighted by atomic mass is 10.1. The predicted octanol–water partition coefficient (Wildman–Crippen LogP) is 4.48. The van der Waals surface area contributed by atoms with Crippen molar-refractivity contribution in [3.8, 4) is 11.5 Å². The van der Waals surface area contributed by atoms with Crippen molar-refractivity contribution < 1.29 is 28.6 Å². The van der Waals surface area contributed by atoms with Crippen LogP contribution in [0.25, 0.3) is 6.08 Å². The number of carboxylic acid groups (broad SMARTS) is 1. The second kappa shape index (κ2) is 9.73. The highest BCUT2D eigenvalue weighted by Gasteiger charge is 2.33. The van der Waals surface area contributed by atoms with E-state index in [0.29, 0.717) is 38.6 Å². The zero-order valence-electron chi connectivity index (χ0n) is 16.0. The summed E-state index contributed by atoms with van der Waals surface area (Å²) in [5.74, 6) is -0.766. The van der Waals surface area contributed by atoms with Gasteiger partial charge in [-0.3, -0.25) is 14.5 Å². The number of anilines is 1. The molecule has 0 radical (unpaired) electrons. The van der Waals surface area contributed by atoms with Crippen LogP contribution in [0, 0.1) is 5.82 Å². The summed E-state index contributed by atoms with van der Waals surface area (Å²) in [6.45, 7) is 2.23. The average Bonchev–Trinajstić information content (AvgIpc) is 2.97. The number of benzene rings is 2. The summed E-state index contributed by atoms with van der Waals surface area (Å²) < 4.78 is 24.6. The van der Waals surface area contributed by atoms with Gasteiger partial charge in [-0.05, 0) is 55.0 Å². The molecule has 0 spiro atoms. The van der Waals surface area contributed by atoms with Crippen molar-refractivity contribution in [2.45, 2.75) is 13.3 Å². The van der Waals surface area contributed by atoms with Crippen LogP contribution < -0.4 is 14.4 Å². The van der Waals surface area contributed by atoms with E-state index in [9.17, 15) is 14.0 Å². The molecule has 2 aromatic rings. The van der Waals surface area contributed by atoms with Crippen molar-refractivity contribution >= 4 is 51.9 Å². The number of aliphatic carboxylic acids is 1. The van der Waals surface area contributed by atoms with Crippen molar-refractivity contribution in [1.29, 1.82) is 0 Å². The number of thioether (sulfide) groups is 1. The van der Waals surface area contributed by atoms with Gasteiger partial charge in [0.25, 0.3) is 5.91 Å². The molecule has 9 heteroatoms. The summed E-state index contributed by atoms with van der Waals surface area (Å²) in [4.78, 5) is 25.3. The Hall–Kier alpha value is -2.91. The number of hydrogen-bond acceptors (Lipinski definition) is 6. The van der Waals surface area contributed by atoms with Crippen molar-refractivity contribution in [2.75, 3.05) is 18.1 Å². The van der Waals surface area contributed by atoms with Crippen LogP contribution in [0.2, 0.25) is 0 Å². The Labute approximate surface area is 182 Å². The third kappa shape index (κ3) is 5.17. The molecule has 0 aromatic heterocycles. The minimum Gasteiger partial charge on any atom is -0.490 e. The third-order valence-electron chi connectivity index (χ3n) is 4.02. The third-order valence-corrected chi connectivity index (χ3v) is 5.32. The summed E-state index contributed by atoms with van der Waals surface area (Å²) in [5, 5.41) is 8.74. The molecule has 0 saturated carbocycles. The average molecular weight is 448 g/mol. The van der Waals surface area contributed by atoms with Crippen LogP contribution in [0.4, 0.5) is 10.1 Å². The quantitative estimate of drug-likeness (QED) is 0.472. The number of carboxylic acids is 1. The van der Waals surface area contributed by atoms with E-state index in [2.05, 4.69) is 0 Å². The van der Waals surface area contributed by atoms with Gasteiger partial charge in [0, 0.05) is 0 Å². The Bertz CT molecular complexity index is 1010. The van der Waals surface area contributed by atoms with E-state index in [-0.39, 0.29) is 18.9 Å². The Morgan fingerprint density at radius 1 is 1.20 bits per heavy atom. The van der Waals surface area contributed by atoms with E-state index in [1.807, 2.05) is 6.92 Å². The predicted molar refractivity (Wildman–Crippen MR) is 117 cm³/mol. The van der Waals surface area contributed by atoms with E-state index in [1.54, 1.807) is 24.3 Å². The highest BCUT2D eigenvalue weighted by Crippen LogP contribution is 2.37. The number of carbonyl (C=O) groups excluding carboxylic acids is 1. The summed E-state index contributed by atoms with van der Waals surface area (Å²) in [6.07, 6.45) is 1.56. The summed E-state index contributed by atoms with van der Waals surface area (Å²) in [6, 6.07) is 10.7. The smallest absolute Gasteiger partial charge is 0.306 e.